The van der Waals surface area contributed by atoms with Gasteiger partial charge in [-0.3, -0.25) is 19.2 Å². The van der Waals surface area contributed by atoms with Gasteiger partial charge in [-0.2, -0.15) is 0 Å². The van der Waals surface area contributed by atoms with Crippen LogP contribution in [0.25, 0.3) is 0 Å². The summed E-state index contributed by atoms with van der Waals surface area (Å²) < 4.78 is 0. The van der Waals surface area contributed by atoms with Gasteiger partial charge in [-0.25, -0.2) is 0 Å². The Bertz CT molecular complexity index is 353. The average molecular weight is 410 g/mol. The predicted octanol–water partition coefficient (Wildman–Crippen LogP) is 1.96. The summed E-state index contributed by atoms with van der Waals surface area (Å²) in [7, 11) is 0. The van der Waals surface area contributed by atoms with Crippen LogP contribution in [0.4, 0.5) is 0 Å². The van der Waals surface area contributed by atoms with Crippen molar-refractivity contribution in [3.63, 3.8) is 0 Å². The Kier molecular flexibility index (Phi) is 24.9. The van der Waals surface area contributed by atoms with Gasteiger partial charge in [0.25, 0.3) is 0 Å². The third kappa shape index (κ3) is 39.0. The fourth-order valence-electron chi connectivity index (χ4n) is 1.73. The molecule has 0 radical (unpaired) electrons. The van der Waals surface area contributed by atoms with E-state index in [4.69, 9.17) is 30.6 Å². The normalized spacial score (nSPS) is 10.5. The van der Waals surface area contributed by atoms with Crippen LogP contribution in [0.15, 0.2) is 0 Å². The summed E-state index contributed by atoms with van der Waals surface area (Å²) >= 11 is 0. The molecule has 0 aliphatic carbocycles. The van der Waals surface area contributed by atoms with Gasteiger partial charge in [0.1, 0.15) is 0 Å². The van der Waals surface area contributed by atoms with Gasteiger partial charge in [0.15, 0.2) is 0 Å². The van der Waals surface area contributed by atoms with E-state index in [1.165, 1.54) is 0 Å². The molecule has 0 bridgehead atoms. The highest BCUT2D eigenvalue weighted by Crippen LogP contribution is 2.00. The molecule has 10 heteroatoms. The Morgan fingerprint density at radius 2 is 0.929 bits per heavy atom. The number of carbonyl (C=O) groups is 4. The number of rotatable bonds is 14. The Labute approximate surface area is 164 Å². The smallest absolute Gasteiger partial charge is 0.303 e. The lowest BCUT2D eigenvalue weighted by atomic mass is 10.2. The maximum absolute atomic E-state index is 9.90. The van der Waals surface area contributed by atoms with Gasteiger partial charge in [-0.05, 0) is 38.5 Å². The molecule has 166 valence electrons. The molecule has 0 saturated heterocycles. The maximum atomic E-state index is 9.90. The first-order chi connectivity index (χ1) is 13.1. The van der Waals surface area contributed by atoms with Crippen LogP contribution in [-0.2, 0) is 19.2 Å². The highest BCUT2D eigenvalue weighted by Gasteiger charge is 2.00. The van der Waals surface area contributed by atoms with Crippen molar-refractivity contribution in [3.05, 3.63) is 0 Å². The van der Waals surface area contributed by atoms with Crippen molar-refractivity contribution in [3.8, 4) is 0 Å². The van der Waals surface area contributed by atoms with Crippen molar-refractivity contribution in [1.82, 2.24) is 0 Å². The zero-order chi connectivity index (χ0) is 22.4. The van der Waals surface area contributed by atoms with Crippen molar-refractivity contribution in [1.29, 1.82) is 0 Å². The van der Waals surface area contributed by atoms with E-state index in [2.05, 4.69) is 0 Å². The molecular weight excluding hydrogens is 376 g/mol. The predicted molar refractivity (Wildman–Crippen MR) is 100 cm³/mol. The van der Waals surface area contributed by atoms with Crippen molar-refractivity contribution >= 4 is 23.9 Å². The summed E-state index contributed by atoms with van der Waals surface area (Å²) in [6.45, 7) is 2.11. The van der Waals surface area contributed by atoms with E-state index >= 15 is 0 Å². The molecule has 0 aliphatic rings. The molecular formula is C18H34O10. The van der Waals surface area contributed by atoms with Crippen LogP contribution >= 0.6 is 0 Å². The van der Waals surface area contributed by atoms with E-state index in [0.29, 0.717) is 32.1 Å². The van der Waals surface area contributed by atoms with E-state index in [-0.39, 0.29) is 38.4 Å². The molecule has 1 atom stereocenters. The third-order valence-electron chi connectivity index (χ3n) is 3.15. The van der Waals surface area contributed by atoms with Crippen molar-refractivity contribution in [2.45, 2.75) is 83.7 Å². The average Bonchev–Trinajstić information content (AvgIpc) is 2.57. The molecule has 0 spiro atoms. The zero-order valence-electron chi connectivity index (χ0n) is 16.4. The lowest BCUT2D eigenvalue weighted by Crippen LogP contribution is -2.07. The molecule has 0 aromatic carbocycles. The van der Waals surface area contributed by atoms with Crippen molar-refractivity contribution in [2.24, 2.45) is 0 Å². The van der Waals surface area contributed by atoms with Gasteiger partial charge in [-0.1, -0.05) is 13.3 Å². The van der Waals surface area contributed by atoms with Crippen LogP contribution < -0.4 is 0 Å². The summed E-state index contributed by atoms with van der Waals surface area (Å²) in [5, 5.41) is 49.7. The number of hydrogen-bond donors (Lipinski definition) is 6. The molecule has 6 N–H and O–H groups in total. The first-order valence-electron chi connectivity index (χ1n) is 9.22. The summed E-state index contributed by atoms with van der Waals surface area (Å²) in [5.41, 5.74) is 0. The Hall–Kier alpha value is -2.20. The zero-order valence-corrected chi connectivity index (χ0v) is 16.4. The van der Waals surface area contributed by atoms with E-state index in [1.807, 2.05) is 6.92 Å². The molecule has 0 heterocycles. The summed E-state index contributed by atoms with van der Waals surface area (Å²) in [5.74, 6) is -3.48. The molecule has 10 nitrogen and oxygen atoms in total. The molecule has 0 aromatic rings. The minimum atomic E-state index is -0.870. The first-order valence-corrected chi connectivity index (χ1v) is 9.22. The Morgan fingerprint density at radius 1 is 0.643 bits per heavy atom. The largest absolute Gasteiger partial charge is 0.481 e. The van der Waals surface area contributed by atoms with E-state index < -0.39 is 23.9 Å². The minimum absolute atomic E-state index is 0.0628. The number of unbranched alkanes of at least 4 members (excludes halogenated alkanes) is 2. The van der Waals surface area contributed by atoms with Gasteiger partial charge in [-0.15, -0.1) is 0 Å². The van der Waals surface area contributed by atoms with Crippen LogP contribution in [0.2, 0.25) is 0 Å². The number of aliphatic hydroxyl groups is 2. The topological polar surface area (TPSA) is 190 Å². The standard InChI is InChI=1S/2C6H10O4.C6H14O2/c2*7-5(8)3-1-2-4-6(9)10;1-2-3-6(8)4-5-7/h2*1-4H2,(H,7,8)(H,9,10);6-8H,2-5H2,1H3. The van der Waals surface area contributed by atoms with E-state index in [9.17, 15) is 19.2 Å². The highest BCUT2D eigenvalue weighted by atomic mass is 16.4. The molecule has 0 amide bonds. The van der Waals surface area contributed by atoms with Crippen molar-refractivity contribution < 1.29 is 49.8 Å². The fourth-order valence-corrected chi connectivity index (χ4v) is 1.73. The number of aliphatic hydroxyl groups excluding tert-OH is 2. The number of carboxylic acid groups (broad SMARTS) is 4. The summed E-state index contributed by atoms with van der Waals surface area (Å²) in [6, 6.07) is 0. The lowest BCUT2D eigenvalue weighted by molar-refractivity contribution is -0.139. The van der Waals surface area contributed by atoms with E-state index in [1.54, 1.807) is 0 Å². The monoisotopic (exact) mass is 410 g/mol. The Morgan fingerprint density at radius 3 is 1.11 bits per heavy atom. The summed E-state index contributed by atoms with van der Waals surface area (Å²) in [6.07, 6.45) is 4.06. The quantitative estimate of drug-likeness (QED) is 0.231. The molecule has 0 saturated carbocycles. The second-order valence-corrected chi connectivity index (χ2v) is 5.94. The van der Waals surface area contributed by atoms with Gasteiger partial charge in [0.2, 0.25) is 0 Å². The molecule has 1 unspecified atom stereocenters. The van der Waals surface area contributed by atoms with Crippen LogP contribution in [0.1, 0.15) is 77.6 Å². The maximum Gasteiger partial charge on any atom is 0.303 e. The number of carboxylic acids is 4. The summed E-state index contributed by atoms with van der Waals surface area (Å²) in [4.78, 5) is 39.6. The van der Waals surface area contributed by atoms with Gasteiger partial charge < -0.3 is 30.6 Å². The fraction of sp³-hybridized carbons (Fsp3) is 0.778. The van der Waals surface area contributed by atoms with Crippen LogP contribution in [0.3, 0.4) is 0 Å². The third-order valence-corrected chi connectivity index (χ3v) is 3.15. The van der Waals surface area contributed by atoms with Crippen LogP contribution in [-0.4, -0.2) is 67.2 Å². The number of hydrogen-bond acceptors (Lipinski definition) is 6. The number of aliphatic carboxylic acids is 4. The van der Waals surface area contributed by atoms with Crippen LogP contribution in [0.5, 0.6) is 0 Å². The molecule has 0 aromatic heterocycles. The second-order valence-electron chi connectivity index (χ2n) is 5.94. The van der Waals surface area contributed by atoms with Gasteiger partial charge in [0, 0.05) is 32.3 Å². The lowest BCUT2D eigenvalue weighted by Gasteiger charge is -2.04. The van der Waals surface area contributed by atoms with E-state index in [0.717, 1.165) is 12.8 Å². The Balaban J connectivity index is -0.000000337. The van der Waals surface area contributed by atoms with Gasteiger partial charge in [0.05, 0.1) is 6.10 Å². The minimum Gasteiger partial charge on any atom is -0.481 e. The van der Waals surface area contributed by atoms with Crippen molar-refractivity contribution in [2.75, 3.05) is 6.61 Å². The SMILES string of the molecule is CCCC(O)CCO.O=C(O)CCCCC(=O)O.O=C(O)CCCCC(=O)O. The first kappa shape index (κ1) is 30.5. The van der Waals surface area contributed by atoms with Crippen LogP contribution in [0, 0.1) is 0 Å². The second kappa shape index (κ2) is 22.8. The molecule has 0 aliphatic heterocycles. The molecule has 0 fully saturated rings. The molecule has 28 heavy (non-hydrogen) atoms. The molecule has 0 rings (SSSR count). The highest BCUT2D eigenvalue weighted by molar-refractivity contribution is 5.68. The van der Waals surface area contributed by atoms with Gasteiger partial charge >= 0.3 is 23.9 Å².